The molecule has 0 bridgehead atoms. The van der Waals surface area contributed by atoms with E-state index in [0.29, 0.717) is 37.9 Å². The average Bonchev–Trinajstić information content (AvgIpc) is 3.05. The van der Waals surface area contributed by atoms with Gasteiger partial charge in [0, 0.05) is 4.47 Å². The summed E-state index contributed by atoms with van der Waals surface area (Å²) < 4.78 is 16.9. The zero-order valence-corrected chi connectivity index (χ0v) is 18.5. The number of anilines is 1. The maximum absolute atomic E-state index is 12.3. The van der Waals surface area contributed by atoms with Crippen LogP contribution in [0.15, 0.2) is 50.8 Å². The zero-order valence-electron chi connectivity index (χ0n) is 16.1. The highest BCUT2D eigenvalue weighted by molar-refractivity contribution is 9.10. The number of methoxy groups -OCH3 is 2. The maximum Gasteiger partial charge on any atom is 0.286 e. The normalized spacial score (nSPS) is 14.4. The topological polar surface area (TPSA) is 112 Å². The Balaban J connectivity index is 1.72. The van der Waals surface area contributed by atoms with Crippen molar-refractivity contribution in [3.8, 4) is 17.2 Å². The summed E-state index contributed by atoms with van der Waals surface area (Å²) >= 11 is 4.54. The molecule has 2 amide bonds. The maximum atomic E-state index is 12.3. The average molecular weight is 492 g/mol. The number of benzene rings is 2. The molecular weight excluding hydrogens is 474 g/mol. The summed E-state index contributed by atoms with van der Waals surface area (Å²) in [6, 6.07) is 10.4. The van der Waals surface area contributed by atoms with Gasteiger partial charge in [0.15, 0.2) is 23.3 Å². The highest BCUT2D eigenvalue weighted by Crippen LogP contribution is 2.36. The number of nitrogens with two attached hydrogens (primary N) is 1. The molecule has 0 atom stereocenters. The van der Waals surface area contributed by atoms with Crippen LogP contribution in [0.4, 0.5) is 5.69 Å². The Bertz CT molecular complexity index is 1050. The molecule has 1 heterocycles. The zero-order chi connectivity index (χ0) is 21.7. The Morgan fingerprint density at radius 3 is 2.60 bits per heavy atom. The minimum absolute atomic E-state index is 0.204. The summed E-state index contributed by atoms with van der Waals surface area (Å²) in [4.78, 5) is 28.2. The van der Waals surface area contributed by atoms with Crippen molar-refractivity contribution in [3.05, 3.63) is 51.3 Å². The summed E-state index contributed by atoms with van der Waals surface area (Å²) in [6.07, 6.45) is 1.65. The van der Waals surface area contributed by atoms with Gasteiger partial charge in [-0.05, 0) is 47.7 Å². The van der Waals surface area contributed by atoms with E-state index in [1.54, 1.807) is 36.4 Å². The Morgan fingerprint density at radius 1 is 1.20 bits per heavy atom. The number of hydrogen-bond donors (Lipinski definition) is 2. The highest BCUT2D eigenvalue weighted by Gasteiger charge is 2.20. The largest absolute Gasteiger partial charge is 0.495 e. The van der Waals surface area contributed by atoms with Crippen LogP contribution >= 0.6 is 27.7 Å². The van der Waals surface area contributed by atoms with Gasteiger partial charge >= 0.3 is 0 Å². The fourth-order valence-electron chi connectivity index (χ4n) is 2.58. The molecule has 0 aliphatic carbocycles. The number of amides is 2. The lowest BCUT2D eigenvalue weighted by Crippen LogP contribution is -2.20. The van der Waals surface area contributed by atoms with Gasteiger partial charge in [0.05, 0.1) is 24.8 Å². The molecule has 0 saturated heterocycles. The second kappa shape index (κ2) is 9.68. The van der Waals surface area contributed by atoms with E-state index in [1.165, 1.54) is 14.2 Å². The monoisotopic (exact) mass is 491 g/mol. The Labute approximate surface area is 185 Å². The second-order valence-electron chi connectivity index (χ2n) is 5.93. The number of aliphatic imine (C=N–C) groups is 1. The van der Waals surface area contributed by atoms with E-state index in [-0.39, 0.29) is 17.7 Å². The first-order chi connectivity index (χ1) is 14.4. The van der Waals surface area contributed by atoms with Gasteiger partial charge in [0.1, 0.15) is 5.75 Å². The molecule has 1 aliphatic rings. The van der Waals surface area contributed by atoms with Gasteiger partial charge in [-0.25, -0.2) is 0 Å². The van der Waals surface area contributed by atoms with Crippen molar-refractivity contribution in [2.24, 2.45) is 10.7 Å². The van der Waals surface area contributed by atoms with Crippen molar-refractivity contribution >= 4 is 56.4 Å². The Morgan fingerprint density at radius 2 is 1.93 bits per heavy atom. The van der Waals surface area contributed by atoms with Gasteiger partial charge in [-0.15, -0.1) is 0 Å². The van der Waals surface area contributed by atoms with Crippen molar-refractivity contribution in [1.82, 2.24) is 0 Å². The molecule has 30 heavy (non-hydrogen) atoms. The van der Waals surface area contributed by atoms with Crippen molar-refractivity contribution in [3.63, 3.8) is 0 Å². The van der Waals surface area contributed by atoms with Gasteiger partial charge in [-0.2, -0.15) is 4.99 Å². The Kier molecular flexibility index (Phi) is 7.01. The predicted molar refractivity (Wildman–Crippen MR) is 120 cm³/mol. The van der Waals surface area contributed by atoms with Gasteiger partial charge in [0.2, 0.25) is 0 Å². The number of ether oxygens (including phenoxy) is 3. The molecule has 0 fully saturated rings. The van der Waals surface area contributed by atoms with Crippen molar-refractivity contribution in [1.29, 1.82) is 0 Å². The summed E-state index contributed by atoms with van der Waals surface area (Å²) in [5.41, 5.74) is 6.80. The van der Waals surface area contributed by atoms with Gasteiger partial charge < -0.3 is 25.3 Å². The lowest BCUT2D eigenvalue weighted by molar-refractivity contribution is -0.118. The molecule has 3 N–H and O–H groups in total. The van der Waals surface area contributed by atoms with Gasteiger partial charge in [-0.3, -0.25) is 9.59 Å². The molecule has 2 aromatic rings. The van der Waals surface area contributed by atoms with E-state index in [0.717, 1.165) is 11.8 Å². The number of rotatable bonds is 7. The molecule has 0 radical (unpaired) electrons. The predicted octanol–water partition coefficient (Wildman–Crippen LogP) is 3.41. The quantitative estimate of drug-likeness (QED) is 0.570. The molecule has 0 spiro atoms. The highest BCUT2D eigenvalue weighted by atomic mass is 79.9. The Hall–Kier alpha value is -2.98. The van der Waals surface area contributed by atoms with Crippen LogP contribution in [0.1, 0.15) is 5.56 Å². The molecule has 1 aliphatic heterocycles. The van der Waals surface area contributed by atoms with E-state index in [2.05, 4.69) is 26.2 Å². The molecule has 10 heteroatoms. The van der Waals surface area contributed by atoms with E-state index >= 15 is 0 Å². The lowest BCUT2D eigenvalue weighted by atomic mass is 10.2. The summed E-state index contributed by atoms with van der Waals surface area (Å²) in [7, 11) is 3.01. The van der Waals surface area contributed by atoms with Crippen molar-refractivity contribution in [2.45, 2.75) is 0 Å². The summed E-state index contributed by atoms with van der Waals surface area (Å²) in [5.74, 6) is 0.566. The molecule has 3 rings (SSSR count). The smallest absolute Gasteiger partial charge is 0.286 e. The SMILES string of the molecule is COc1ccccc1NC(=O)COc1cc(Br)c(/C=C2\SC(N)=NC2=O)cc1OC. The number of amidine groups is 1. The van der Waals surface area contributed by atoms with Crippen LogP contribution in [0.3, 0.4) is 0 Å². The van der Waals surface area contributed by atoms with Crippen LogP contribution in [0, 0.1) is 0 Å². The minimum atomic E-state index is -0.392. The number of carbonyl (C=O) groups is 2. The molecule has 8 nitrogen and oxygen atoms in total. The van der Waals surface area contributed by atoms with E-state index in [9.17, 15) is 9.59 Å². The minimum Gasteiger partial charge on any atom is -0.495 e. The fourth-order valence-corrected chi connectivity index (χ4v) is 3.69. The molecular formula is C20H18BrN3O5S. The molecule has 2 aromatic carbocycles. The molecule has 0 unspecified atom stereocenters. The first-order valence-electron chi connectivity index (χ1n) is 8.62. The van der Waals surface area contributed by atoms with Crippen LogP contribution < -0.4 is 25.3 Å². The van der Waals surface area contributed by atoms with Crippen LogP contribution in [0.2, 0.25) is 0 Å². The number of hydrogen-bond acceptors (Lipinski definition) is 7. The van der Waals surface area contributed by atoms with Crippen LogP contribution in [0.5, 0.6) is 17.2 Å². The summed E-state index contributed by atoms with van der Waals surface area (Å²) in [5, 5.41) is 2.94. The second-order valence-corrected chi connectivity index (χ2v) is 7.84. The van der Waals surface area contributed by atoms with Gasteiger partial charge in [0.25, 0.3) is 11.8 Å². The lowest BCUT2D eigenvalue weighted by Gasteiger charge is -2.14. The van der Waals surface area contributed by atoms with Crippen molar-refractivity contribution < 1.29 is 23.8 Å². The van der Waals surface area contributed by atoms with Crippen LogP contribution in [0.25, 0.3) is 6.08 Å². The molecule has 0 saturated carbocycles. The third-order valence-corrected chi connectivity index (χ3v) is 5.45. The van der Waals surface area contributed by atoms with Crippen LogP contribution in [-0.2, 0) is 9.59 Å². The molecule has 0 aromatic heterocycles. The number of halogens is 1. The standard InChI is InChI=1S/C20H18BrN3O5S/c1-27-14-6-4-3-5-13(14)23-18(25)10-29-16-9-12(21)11(7-15(16)28-2)8-17-19(26)24-20(22)30-17/h3-9H,10H2,1-2H3,(H,23,25)(H2,22,24,26)/b17-8-. The first kappa shape index (κ1) is 21.7. The van der Waals surface area contributed by atoms with Crippen LogP contribution in [-0.4, -0.2) is 37.8 Å². The number of nitrogens with one attached hydrogen (secondary N) is 1. The fraction of sp³-hybridized carbons (Fsp3) is 0.150. The summed E-state index contributed by atoms with van der Waals surface area (Å²) in [6.45, 7) is -0.236. The van der Waals surface area contributed by atoms with Gasteiger partial charge in [-0.1, -0.05) is 28.1 Å². The number of nitrogens with zero attached hydrogens (tertiary/aromatic N) is 1. The van der Waals surface area contributed by atoms with E-state index < -0.39 is 5.91 Å². The van der Waals surface area contributed by atoms with E-state index in [4.69, 9.17) is 19.9 Å². The number of carbonyl (C=O) groups excluding carboxylic acids is 2. The third kappa shape index (κ3) is 5.14. The van der Waals surface area contributed by atoms with Crippen molar-refractivity contribution in [2.75, 3.05) is 26.1 Å². The number of para-hydroxylation sites is 2. The van der Waals surface area contributed by atoms with E-state index in [1.807, 2.05) is 6.07 Å². The number of thioether (sulfide) groups is 1. The first-order valence-corrected chi connectivity index (χ1v) is 10.2. The molecule has 156 valence electrons. The third-order valence-electron chi connectivity index (χ3n) is 3.95.